The van der Waals surface area contributed by atoms with Crippen molar-refractivity contribution in [2.45, 2.75) is 0 Å². The number of amides is 1. The number of nitrogens with one attached hydrogen (secondary N) is 3. The molecule has 0 saturated carbocycles. The van der Waals surface area contributed by atoms with Crippen LogP contribution in [0.3, 0.4) is 0 Å². The lowest BCUT2D eigenvalue weighted by Crippen LogP contribution is -2.23. The molecule has 4 rings (SSSR count). The molecule has 0 spiro atoms. The number of rotatable bonds is 6. The number of nitrogens with zero attached hydrogens (tertiary/aromatic N) is 1. The highest BCUT2D eigenvalue weighted by molar-refractivity contribution is 6.31. The molecule has 1 amide bonds. The predicted octanol–water partition coefficient (Wildman–Crippen LogP) is 4.19. The number of ether oxygens (including phenoxy) is 1. The Morgan fingerprint density at radius 3 is 2.57 bits per heavy atom. The van der Waals surface area contributed by atoms with Crippen molar-refractivity contribution in [1.82, 2.24) is 5.12 Å². The Hall–Kier alpha value is -3.55. The van der Waals surface area contributed by atoms with Crippen molar-refractivity contribution >= 4 is 40.4 Å². The summed E-state index contributed by atoms with van der Waals surface area (Å²) in [5, 5.41) is 4.91. The summed E-state index contributed by atoms with van der Waals surface area (Å²) in [7, 11) is 1.84. The number of hydrogen-bond donors (Lipinski definition) is 3. The summed E-state index contributed by atoms with van der Waals surface area (Å²) in [6.45, 7) is -0.251. The highest BCUT2D eigenvalue weighted by Gasteiger charge is 2.17. The van der Waals surface area contributed by atoms with E-state index in [2.05, 4.69) is 16.2 Å². The van der Waals surface area contributed by atoms with Crippen molar-refractivity contribution < 1.29 is 14.3 Å². The Labute approximate surface area is 178 Å². The molecule has 0 atom stereocenters. The summed E-state index contributed by atoms with van der Waals surface area (Å²) in [5.74, 6) is -0.276. The van der Waals surface area contributed by atoms with E-state index in [1.165, 1.54) is 0 Å². The lowest BCUT2D eigenvalue weighted by atomic mass is 10.0. The van der Waals surface area contributed by atoms with Gasteiger partial charge in [-0.05, 0) is 36.4 Å². The van der Waals surface area contributed by atoms with Gasteiger partial charge in [-0.15, -0.1) is 5.12 Å². The molecule has 30 heavy (non-hydrogen) atoms. The van der Waals surface area contributed by atoms with Gasteiger partial charge < -0.3 is 10.1 Å². The molecule has 3 aromatic rings. The van der Waals surface area contributed by atoms with Crippen LogP contribution in [0.25, 0.3) is 0 Å². The zero-order valence-electron chi connectivity index (χ0n) is 16.1. The molecule has 1 aliphatic heterocycles. The fourth-order valence-electron chi connectivity index (χ4n) is 3.09. The first-order chi connectivity index (χ1) is 14.5. The van der Waals surface area contributed by atoms with Crippen LogP contribution in [0.15, 0.2) is 66.7 Å². The lowest BCUT2D eigenvalue weighted by Gasteiger charge is -2.12. The van der Waals surface area contributed by atoms with Crippen molar-refractivity contribution in [1.29, 1.82) is 0 Å². The van der Waals surface area contributed by atoms with Crippen molar-refractivity contribution in [3.05, 3.63) is 82.9 Å². The number of anilines is 3. The van der Waals surface area contributed by atoms with Gasteiger partial charge in [-0.2, -0.15) is 0 Å². The summed E-state index contributed by atoms with van der Waals surface area (Å²) in [5.41, 5.74) is 9.41. The first-order valence-electron chi connectivity index (χ1n) is 9.22. The summed E-state index contributed by atoms with van der Waals surface area (Å²) in [6, 6.07) is 19.0. The Bertz CT molecular complexity index is 1100. The molecule has 3 N–H and O–H groups in total. The fraction of sp³-hybridized carbons (Fsp3) is 0.0909. The summed E-state index contributed by atoms with van der Waals surface area (Å²) >= 11 is 6.07. The quantitative estimate of drug-likeness (QED) is 0.517. The topological polar surface area (TPSA) is 82.7 Å². The van der Waals surface area contributed by atoms with E-state index in [9.17, 15) is 9.59 Å². The summed E-state index contributed by atoms with van der Waals surface area (Å²) < 4.78 is 5.65. The van der Waals surface area contributed by atoms with E-state index in [0.29, 0.717) is 27.6 Å². The van der Waals surface area contributed by atoms with Crippen LogP contribution in [0.1, 0.15) is 15.9 Å². The molecule has 152 valence electrons. The van der Waals surface area contributed by atoms with E-state index in [0.717, 1.165) is 11.4 Å². The highest BCUT2D eigenvalue weighted by atomic mass is 35.5. The molecule has 0 saturated heterocycles. The SMILES string of the molecule is CN1Nc2ccc(NC(=O)COc3ccc(Cl)cc3C(=O)c3ccccc3)cc2N1. The van der Waals surface area contributed by atoms with Gasteiger partial charge in [0.05, 0.1) is 16.9 Å². The van der Waals surface area contributed by atoms with E-state index in [4.69, 9.17) is 16.3 Å². The van der Waals surface area contributed by atoms with Gasteiger partial charge in [0.2, 0.25) is 0 Å². The third kappa shape index (κ3) is 4.37. The number of benzene rings is 3. The average molecular weight is 423 g/mol. The first kappa shape index (κ1) is 19.8. The Kier molecular flexibility index (Phi) is 5.56. The van der Waals surface area contributed by atoms with Gasteiger partial charge in [0.1, 0.15) is 5.75 Å². The molecule has 8 heteroatoms. The molecule has 1 aliphatic rings. The molecule has 0 fully saturated rings. The van der Waals surface area contributed by atoms with E-state index >= 15 is 0 Å². The Morgan fingerprint density at radius 2 is 1.77 bits per heavy atom. The molecular formula is C22H19ClN4O3. The standard InChI is InChI=1S/C22H19ClN4O3/c1-27-25-18-9-8-16(12-19(18)26-27)24-21(28)13-30-20-10-7-15(23)11-17(20)22(29)14-5-3-2-4-6-14/h2-12,25-26H,13H2,1H3,(H,24,28). The van der Waals surface area contributed by atoms with Crippen LogP contribution >= 0.6 is 11.6 Å². The second-order valence-corrected chi connectivity index (χ2v) is 7.15. The minimum atomic E-state index is -0.345. The van der Waals surface area contributed by atoms with Gasteiger partial charge in [-0.1, -0.05) is 41.9 Å². The molecule has 0 aliphatic carbocycles. The average Bonchev–Trinajstić information content (AvgIpc) is 3.12. The van der Waals surface area contributed by atoms with Gasteiger partial charge in [-0.25, -0.2) is 0 Å². The number of hydrazine groups is 2. The van der Waals surface area contributed by atoms with Crippen LogP contribution < -0.4 is 20.9 Å². The summed E-state index contributed by atoms with van der Waals surface area (Å²) in [4.78, 5) is 25.2. The number of fused-ring (bicyclic) bond motifs is 1. The maximum atomic E-state index is 12.8. The number of ketones is 1. The van der Waals surface area contributed by atoms with Gasteiger partial charge in [0.25, 0.3) is 5.91 Å². The predicted molar refractivity (Wildman–Crippen MR) is 117 cm³/mol. The smallest absolute Gasteiger partial charge is 0.262 e. The number of halogens is 1. The van der Waals surface area contributed by atoms with E-state index in [-0.39, 0.29) is 18.3 Å². The molecule has 7 nitrogen and oxygen atoms in total. The van der Waals surface area contributed by atoms with Crippen molar-refractivity contribution in [2.24, 2.45) is 0 Å². The third-order valence-corrected chi connectivity index (χ3v) is 4.70. The zero-order valence-corrected chi connectivity index (χ0v) is 16.9. The number of hydrogen-bond acceptors (Lipinski definition) is 6. The van der Waals surface area contributed by atoms with Gasteiger partial charge >= 0.3 is 0 Å². The third-order valence-electron chi connectivity index (χ3n) is 4.46. The fourth-order valence-corrected chi connectivity index (χ4v) is 3.26. The Balaban J connectivity index is 1.44. The molecule has 0 unspecified atom stereocenters. The molecule has 0 bridgehead atoms. The maximum absolute atomic E-state index is 12.8. The largest absolute Gasteiger partial charge is 0.483 e. The van der Waals surface area contributed by atoms with E-state index in [1.807, 2.05) is 25.2 Å². The minimum absolute atomic E-state index is 0.227. The Morgan fingerprint density at radius 1 is 1.00 bits per heavy atom. The van der Waals surface area contributed by atoms with Crippen LogP contribution in [0, 0.1) is 0 Å². The van der Waals surface area contributed by atoms with Crippen LogP contribution in [-0.4, -0.2) is 30.5 Å². The van der Waals surface area contributed by atoms with Gasteiger partial charge in [0.15, 0.2) is 12.4 Å². The van der Waals surface area contributed by atoms with E-state index in [1.54, 1.807) is 53.6 Å². The second-order valence-electron chi connectivity index (χ2n) is 6.72. The number of carbonyl (C=O) groups is 2. The van der Waals surface area contributed by atoms with Crippen molar-refractivity contribution in [2.75, 3.05) is 29.8 Å². The van der Waals surface area contributed by atoms with Crippen molar-refractivity contribution in [3.8, 4) is 5.75 Å². The number of carbonyl (C=O) groups excluding carboxylic acids is 2. The minimum Gasteiger partial charge on any atom is -0.483 e. The molecule has 0 aromatic heterocycles. The van der Waals surface area contributed by atoms with Crippen LogP contribution in [-0.2, 0) is 4.79 Å². The van der Waals surface area contributed by atoms with Gasteiger partial charge in [-0.3, -0.25) is 20.4 Å². The molecule has 1 heterocycles. The van der Waals surface area contributed by atoms with Crippen LogP contribution in [0.2, 0.25) is 5.02 Å². The van der Waals surface area contributed by atoms with Crippen molar-refractivity contribution in [3.63, 3.8) is 0 Å². The monoisotopic (exact) mass is 422 g/mol. The lowest BCUT2D eigenvalue weighted by molar-refractivity contribution is -0.118. The summed E-state index contributed by atoms with van der Waals surface area (Å²) in [6.07, 6.45) is 0. The van der Waals surface area contributed by atoms with Gasteiger partial charge in [0, 0.05) is 23.3 Å². The van der Waals surface area contributed by atoms with Crippen LogP contribution in [0.5, 0.6) is 5.75 Å². The molecule has 0 radical (unpaired) electrons. The van der Waals surface area contributed by atoms with E-state index < -0.39 is 0 Å². The van der Waals surface area contributed by atoms with Crippen LogP contribution in [0.4, 0.5) is 17.1 Å². The first-order valence-corrected chi connectivity index (χ1v) is 9.60. The zero-order chi connectivity index (χ0) is 21.1. The molecule has 3 aromatic carbocycles. The highest BCUT2D eigenvalue weighted by Crippen LogP contribution is 2.30. The molecular weight excluding hydrogens is 404 g/mol. The normalized spacial score (nSPS) is 12.5. The second kappa shape index (κ2) is 8.44. The maximum Gasteiger partial charge on any atom is 0.262 e.